The van der Waals surface area contributed by atoms with E-state index in [-0.39, 0.29) is 18.0 Å². The number of phenols is 1. The number of ether oxygens (including phenoxy) is 2. The first kappa shape index (κ1) is 13.2. The fraction of sp³-hybridized carbons (Fsp3) is 0.133. The number of hydrogen-bond acceptors (Lipinski definition) is 4. The fourth-order valence-corrected chi connectivity index (χ4v) is 1.97. The van der Waals surface area contributed by atoms with Gasteiger partial charge in [0.1, 0.15) is 18.2 Å². The van der Waals surface area contributed by atoms with Crippen LogP contribution in [-0.4, -0.2) is 23.7 Å². The number of phenolic OH excluding ortho intramolecular Hbond substituents is 1. The number of fused-ring (bicyclic) bond motifs is 1. The SMILES string of the molecule is O=C(Nc1ccc(O)cc1F)C1COc2ccccc2O1. The molecule has 1 aliphatic rings. The molecule has 1 aliphatic heterocycles. The summed E-state index contributed by atoms with van der Waals surface area (Å²) in [6.45, 7) is 0.0442. The molecule has 0 aromatic heterocycles. The largest absolute Gasteiger partial charge is 0.508 e. The van der Waals surface area contributed by atoms with Crippen molar-refractivity contribution in [2.75, 3.05) is 11.9 Å². The molecule has 0 aliphatic carbocycles. The lowest BCUT2D eigenvalue weighted by Crippen LogP contribution is -2.40. The molecule has 0 spiro atoms. The maximum absolute atomic E-state index is 13.6. The average Bonchev–Trinajstić information content (AvgIpc) is 2.49. The monoisotopic (exact) mass is 289 g/mol. The molecule has 2 N–H and O–H groups in total. The van der Waals surface area contributed by atoms with Gasteiger partial charge in [-0.2, -0.15) is 0 Å². The number of para-hydroxylation sites is 2. The summed E-state index contributed by atoms with van der Waals surface area (Å²) in [4.78, 5) is 12.1. The molecule has 2 aromatic carbocycles. The van der Waals surface area contributed by atoms with E-state index in [0.717, 1.165) is 6.07 Å². The first-order valence-electron chi connectivity index (χ1n) is 6.31. The van der Waals surface area contributed by atoms with Crippen molar-refractivity contribution in [3.63, 3.8) is 0 Å². The summed E-state index contributed by atoms with van der Waals surface area (Å²) in [5.74, 6) is -0.418. The highest BCUT2D eigenvalue weighted by molar-refractivity contribution is 5.94. The van der Waals surface area contributed by atoms with E-state index in [1.54, 1.807) is 24.3 Å². The van der Waals surface area contributed by atoms with Gasteiger partial charge in [-0.15, -0.1) is 0 Å². The number of anilines is 1. The molecule has 5 nitrogen and oxygen atoms in total. The number of carbonyl (C=O) groups is 1. The standard InChI is InChI=1S/C15H12FNO4/c16-10-7-9(18)5-6-11(10)17-15(19)14-8-20-12-3-1-2-4-13(12)21-14/h1-7,14,18H,8H2,(H,17,19). The van der Waals surface area contributed by atoms with Gasteiger partial charge >= 0.3 is 0 Å². The maximum atomic E-state index is 13.6. The number of carbonyl (C=O) groups excluding carboxylic acids is 1. The van der Waals surface area contributed by atoms with Gasteiger partial charge < -0.3 is 19.9 Å². The number of halogens is 1. The Labute approximate surface area is 119 Å². The summed E-state index contributed by atoms with van der Waals surface area (Å²) in [5.41, 5.74) is -0.0275. The lowest BCUT2D eigenvalue weighted by molar-refractivity contribution is -0.125. The molecule has 21 heavy (non-hydrogen) atoms. The second-order valence-corrected chi connectivity index (χ2v) is 4.52. The maximum Gasteiger partial charge on any atom is 0.269 e. The van der Waals surface area contributed by atoms with Gasteiger partial charge in [-0.25, -0.2) is 4.39 Å². The Morgan fingerprint density at radius 1 is 1.24 bits per heavy atom. The Bertz CT molecular complexity index is 689. The minimum Gasteiger partial charge on any atom is -0.508 e. The van der Waals surface area contributed by atoms with Crippen LogP contribution in [0.5, 0.6) is 17.2 Å². The van der Waals surface area contributed by atoms with Crippen LogP contribution >= 0.6 is 0 Å². The minimum absolute atomic E-state index is 0.0275. The van der Waals surface area contributed by atoms with E-state index in [4.69, 9.17) is 14.6 Å². The van der Waals surface area contributed by atoms with Crippen LogP contribution in [0.4, 0.5) is 10.1 Å². The fourth-order valence-electron chi connectivity index (χ4n) is 1.97. The van der Waals surface area contributed by atoms with Crippen molar-refractivity contribution >= 4 is 11.6 Å². The van der Waals surface area contributed by atoms with Gasteiger partial charge in [-0.05, 0) is 24.3 Å². The minimum atomic E-state index is -0.867. The highest BCUT2D eigenvalue weighted by Gasteiger charge is 2.27. The normalized spacial score (nSPS) is 16.3. The number of aromatic hydroxyl groups is 1. The third-order valence-corrected chi connectivity index (χ3v) is 3.01. The second-order valence-electron chi connectivity index (χ2n) is 4.52. The molecular formula is C15H12FNO4. The summed E-state index contributed by atoms with van der Waals surface area (Å²) in [7, 11) is 0. The van der Waals surface area contributed by atoms with Crippen molar-refractivity contribution in [3.05, 3.63) is 48.3 Å². The van der Waals surface area contributed by atoms with E-state index in [1.807, 2.05) is 0 Å². The summed E-state index contributed by atoms with van der Waals surface area (Å²) in [5, 5.41) is 11.5. The topological polar surface area (TPSA) is 67.8 Å². The van der Waals surface area contributed by atoms with Crippen LogP contribution in [0.15, 0.2) is 42.5 Å². The van der Waals surface area contributed by atoms with E-state index < -0.39 is 17.8 Å². The van der Waals surface area contributed by atoms with Crippen LogP contribution in [0.3, 0.4) is 0 Å². The van der Waals surface area contributed by atoms with Gasteiger partial charge in [0.15, 0.2) is 11.5 Å². The van der Waals surface area contributed by atoms with Crippen LogP contribution in [0.2, 0.25) is 0 Å². The van der Waals surface area contributed by atoms with Gasteiger partial charge in [0.25, 0.3) is 5.91 Å². The van der Waals surface area contributed by atoms with Crippen LogP contribution < -0.4 is 14.8 Å². The third kappa shape index (κ3) is 2.74. The lowest BCUT2D eigenvalue weighted by Gasteiger charge is -2.25. The van der Waals surface area contributed by atoms with E-state index in [9.17, 15) is 9.18 Å². The zero-order chi connectivity index (χ0) is 14.8. The summed E-state index contributed by atoms with van der Waals surface area (Å²) >= 11 is 0. The molecule has 3 rings (SSSR count). The van der Waals surface area contributed by atoms with Crippen molar-refractivity contribution in [2.45, 2.75) is 6.10 Å². The van der Waals surface area contributed by atoms with Gasteiger partial charge in [0, 0.05) is 6.07 Å². The summed E-state index contributed by atoms with van der Waals surface area (Å²) in [6.07, 6.45) is -0.867. The molecule has 0 saturated carbocycles. The van der Waals surface area contributed by atoms with E-state index in [0.29, 0.717) is 11.5 Å². The van der Waals surface area contributed by atoms with E-state index in [2.05, 4.69) is 5.32 Å². The number of amides is 1. The Morgan fingerprint density at radius 3 is 2.76 bits per heavy atom. The Balaban J connectivity index is 1.72. The highest BCUT2D eigenvalue weighted by Crippen LogP contribution is 2.31. The molecular weight excluding hydrogens is 277 g/mol. The smallest absolute Gasteiger partial charge is 0.269 e. The molecule has 0 saturated heterocycles. The zero-order valence-corrected chi connectivity index (χ0v) is 10.9. The van der Waals surface area contributed by atoms with Gasteiger partial charge in [0.05, 0.1) is 5.69 Å². The predicted molar refractivity (Wildman–Crippen MR) is 73.0 cm³/mol. The molecule has 1 amide bonds. The molecule has 2 aromatic rings. The number of rotatable bonds is 2. The van der Waals surface area contributed by atoms with Gasteiger partial charge in [0.2, 0.25) is 6.10 Å². The molecule has 0 bridgehead atoms. The molecule has 1 heterocycles. The predicted octanol–water partition coefficient (Wildman–Crippen LogP) is 2.31. The molecule has 1 unspecified atom stereocenters. The number of hydrogen-bond donors (Lipinski definition) is 2. The van der Waals surface area contributed by atoms with E-state index >= 15 is 0 Å². The second kappa shape index (κ2) is 5.32. The Morgan fingerprint density at radius 2 is 2.00 bits per heavy atom. The average molecular weight is 289 g/mol. The molecule has 6 heteroatoms. The zero-order valence-electron chi connectivity index (χ0n) is 10.9. The van der Waals surface area contributed by atoms with E-state index in [1.165, 1.54) is 12.1 Å². The van der Waals surface area contributed by atoms with Crippen LogP contribution in [-0.2, 0) is 4.79 Å². The summed E-state index contributed by atoms with van der Waals surface area (Å²) in [6, 6.07) is 10.5. The highest BCUT2D eigenvalue weighted by atomic mass is 19.1. The Kier molecular flexibility index (Phi) is 3.35. The van der Waals surface area contributed by atoms with Gasteiger partial charge in [-0.3, -0.25) is 4.79 Å². The number of nitrogens with one attached hydrogen (secondary N) is 1. The van der Waals surface area contributed by atoms with Crippen LogP contribution in [0.25, 0.3) is 0 Å². The molecule has 0 fully saturated rings. The lowest BCUT2D eigenvalue weighted by atomic mass is 10.2. The first-order valence-corrected chi connectivity index (χ1v) is 6.31. The summed E-state index contributed by atoms with van der Waals surface area (Å²) < 4.78 is 24.5. The molecule has 0 radical (unpaired) electrons. The van der Waals surface area contributed by atoms with Crippen molar-refractivity contribution < 1.29 is 23.8 Å². The Hall–Kier alpha value is -2.76. The van der Waals surface area contributed by atoms with Gasteiger partial charge in [-0.1, -0.05) is 12.1 Å². The molecule has 1 atom stereocenters. The van der Waals surface area contributed by atoms with Crippen molar-refractivity contribution in [2.24, 2.45) is 0 Å². The van der Waals surface area contributed by atoms with Crippen LogP contribution in [0.1, 0.15) is 0 Å². The number of benzene rings is 2. The van der Waals surface area contributed by atoms with Crippen molar-refractivity contribution in [1.82, 2.24) is 0 Å². The third-order valence-electron chi connectivity index (χ3n) is 3.01. The molecule has 108 valence electrons. The quantitative estimate of drug-likeness (QED) is 0.832. The van der Waals surface area contributed by atoms with Crippen LogP contribution in [0, 0.1) is 5.82 Å². The first-order chi connectivity index (χ1) is 10.1. The van der Waals surface area contributed by atoms with Crippen molar-refractivity contribution in [3.8, 4) is 17.2 Å². The van der Waals surface area contributed by atoms with Crippen molar-refractivity contribution in [1.29, 1.82) is 0 Å².